The Morgan fingerprint density at radius 2 is 2.08 bits per heavy atom. The lowest BCUT2D eigenvalue weighted by Gasteiger charge is -2.39. The first-order valence-corrected chi connectivity index (χ1v) is 5.08. The molecule has 0 aromatic rings. The van der Waals surface area contributed by atoms with Gasteiger partial charge in [0.05, 0.1) is 0 Å². The number of rotatable bonds is 2. The van der Waals surface area contributed by atoms with E-state index in [9.17, 15) is 0 Å². The summed E-state index contributed by atoms with van der Waals surface area (Å²) in [6.07, 6.45) is 2.68. The maximum atomic E-state index is 3.53. The topological polar surface area (TPSA) is 15.3 Å². The van der Waals surface area contributed by atoms with Crippen LogP contribution >= 0.6 is 0 Å². The molecule has 1 aliphatic rings. The number of likely N-dealkylation sites (N-methyl/N-ethyl adjacent to an activating group) is 1. The summed E-state index contributed by atoms with van der Waals surface area (Å²) < 4.78 is 0. The molecule has 0 amide bonds. The molecule has 0 spiro atoms. The van der Waals surface area contributed by atoms with Gasteiger partial charge in [0, 0.05) is 18.1 Å². The summed E-state index contributed by atoms with van der Waals surface area (Å²) in [6.45, 7) is 8.02. The van der Waals surface area contributed by atoms with Crippen molar-refractivity contribution in [3.63, 3.8) is 0 Å². The van der Waals surface area contributed by atoms with E-state index >= 15 is 0 Å². The van der Waals surface area contributed by atoms with Crippen molar-refractivity contribution in [3.05, 3.63) is 0 Å². The van der Waals surface area contributed by atoms with Gasteiger partial charge in [0.1, 0.15) is 0 Å². The SMILES string of the molecule is CC1NCCCC1N(C)C(C)C. The van der Waals surface area contributed by atoms with Crippen molar-refractivity contribution in [2.75, 3.05) is 13.6 Å². The molecule has 1 N–H and O–H groups in total. The molecule has 72 valence electrons. The molecule has 12 heavy (non-hydrogen) atoms. The van der Waals surface area contributed by atoms with Crippen LogP contribution in [0.1, 0.15) is 33.6 Å². The van der Waals surface area contributed by atoms with Crippen LogP contribution in [0.25, 0.3) is 0 Å². The molecule has 0 saturated carbocycles. The van der Waals surface area contributed by atoms with Crippen LogP contribution in [0.4, 0.5) is 0 Å². The van der Waals surface area contributed by atoms with Gasteiger partial charge < -0.3 is 5.32 Å². The van der Waals surface area contributed by atoms with Crippen LogP contribution in [0.2, 0.25) is 0 Å². The molecule has 0 aliphatic carbocycles. The van der Waals surface area contributed by atoms with Gasteiger partial charge in [0.2, 0.25) is 0 Å². The second-order valence-corrected chi connectivity index (χ2v) is 4.21. The third kappa shape index (κ3) is 2.20. The van der Waals surface area contributed by atoms with Gasteiger partial charge >= 0.3 is 0 Å². The first kappa shape index (κ1) is 10.0. The molecule has 1 saturated heterocycles. The Labute approximate surface area is 76.3 Å². The van der Waals surface area contributed by atoms with Gasteiger partial charge in [-0.3, -0.25) is 4.90 Å². The lowest BCUT2D eigenvalue weighted by atomic mass is 9.97. The van der Waals surface area contributed by atoms with Crippen molar-refractivity contribution < 1.29 is 0 Å². The zero-order chi connectivity index (χ0) is 9.14. The normalized spacial score (nSPS) is 31.5. The van der Waals surface area contributed by atoms with Crippen LogP contribution in [0.5, 0.6) is 0 Å². The molecule has 1 heterocycles. The number of hydrogen-bond donors (Lipinski definition) is 1. The van der Waals surface area contributed by atoms with E-state index in [0.717, 1.165) is 6.04 Å². The van der Waals surface area contributed by atoms with E-state index in [4.69, 9.17) is 0 Å². The summed E-state index contributed by atoms with van der Waals surface area (Å²) in [5.74, 6) is 0. The highest BCUT2D eigenvalue weighted by Crippen LogP contribution is 2.15. The van der Waals surface area contributed by atoms with E-state index in [1.807, 2.05) is 0 Å². The van der Waals surface area contributed by atoms with Gasteiger partial charge in [-0.25, -0.2) is 0 Å². The molecule has 2 unspecified atom stereocenters. The van der Waals surface area contributed by atoms with Gasteiger partial charge in [-0.1, -0.05) is 0 Å². The molecular formula is C10H22N2. The van der Waals surface area contributed by atoms with Crippen molar-refractivity contribution in [2.45, 2.75) is 51.7 Å². The molecule has 1 fully saturated rings. The molecule has 0 aromatic heterocycles. The Kier molecular flexibility index (Phi) is 3.53. The number of nitrogens with zero attached hydrogens (tertiary/aromatic N) is 1. The molecule has 0 radical (unpaired) electrons. The third-order valence-electron chi connectivity index (χ3n) is 3.06. The summed E-state index contributed by atoms with van der Waals surface area (Å²) in [5, 5.41) is 3.53. The second kappa shape index (κ2) is 4.24. The predicted octanol–water partition coefficient (Wildman–Crippen LogP) is 1.47. The second-order valence-electron chi connectivity index (χ2n) is 4.21. The highest BCUT2D eigenvalue weighted by atomic mass is 15.2. The average Bonchev–Trinajstić information content (AvgIpc) is 2.04. The van der Waals surface area contributed by atoms with Crippen molar-refractivity contribution in [2.24, 2.45) is 0 Å². The molecule has 0 aromatic carbocycles. The molecular weight excluding hydrogens is 148 g/mol. The van der Waals surface area contributed by atoms with Crippen LogP contribution in [0.15, 0.2) is 0 Å². The van der Waals surface area contributed by atoms with E-state index in [1.165, 1.54) is 19.4 Å². The van der Waals surface area contributed by atoms with Crippen molar-refractivity contribution >= 4 is 0 Å². The smallest absolute Gasteiger partial charge is 0.0246 e. The van der Waals surface area contributed by atoms with E-state index in [-0.39, 0.29) is 0 Å². The zero-order valence-electron chi connectivity index (χ0n) is 8.80. The van der Waals surface area contributed by atoms with E-state index in [0.29, 0.717) is 12.1 Å². The average molecular weight is 170 g/mol. The predicted molar refractivity (Wildman–Crippen MR) is 53.4 cm³/mol. The lowest BCUT2D eigenvalue weighted by Crippen LogP contribution is -2.52. The van der Waals surface area contributed by atoms with Crippen molar-refractivity contribution in [1.82, 2.24) is 10.2 Å². The number of nitrogens with one attached hydrogen (secondary N) is 1. The summed E-state index contributed by atoms with van der Waals surface area (Å²) >= 11 is 0. The molecule has 2 heteroatoms. The summed E-state index contributed by atoms with van der Waals surface area (Å²) in [6, 6.07) is 2.06. The van der Waals surface area contributed by atoms with E-state index in [1.54, 1.807) is 0 Å². The van der Waals surface area contributed by atoms with Gasteiger partial charge in [-0.15, -0.1) is 0 Å². The standard InChI is InChI=1S/C10H22N2/c1-8(2)12(4)10-6-5-7-11-9(10)3/h8-11H,5-7H2,1-4H3. The van der Waals surface area contributed by atoms with Crippen molar-refractivity contribution in [3.8, 4) is 0 Å². The maximum Gasteiger partial charge on any atom is 0.0246 e. The van der Waals surface area contributed by atoms with Gasteiger partial charge in [0.15, 0.2) is 0 Å². The number of hydrogen-bond acceptors (Lipinski definition) is 2. The van der Waals surface area contributed by atoms with Gasteiger partial charge in [0.25, 0.3) is 0 Å². The van der Waals surface area contributed by atoms with Gasteiger partial charge in [-0.2, -0.15) is 0 Å². The first-order valence-electron chi connectivity index (χ1n) is 5.08. The van der Waals surface area contributed by atoms with Crippen LogP contribution in [-0.2, 0) is 0 Å². The molecule has 2 atom stereocenters. The zero-order valence-corrected chi connectivity index (χ0v) is 8.80. The third-order valence-corrected chi connectivity index (χ3v) is 3.06. The lowest BCUT2D eigenvalue weighted by molar-refractivity contribution is 0.133. The molecule has 1 aliphatic heterocycles. The van der Waals surface area contributed by atoms with Crippen LogP contribution in [0, 0.1) is 0 Å². The first-order chi connectivity index (χ1) is 5.63. The van der Waals surface area contributed by atoms with Crippen LogP contribution in [-0.4, -0.2) is 36.6 Å². The minimum atomic E-state index is 0.658. The highest BCUT2D eigenvalue weighted by molar-refractivity contribution is 4.85. The Hall–Kier alpha value is -0.0800. The number of piperidine rings is 1. The fourth-order valence-electron chi connectivity index (χ4n) is 1.97. The van der Waals surface area contributed by atoms with E-state index < -0.39 is 0 Å². The minimum Gasteiger partial charge on any atom is -0.313 e. The monoisotopic (exact) mass is 170 g/mol. The Morgan fingerprint density at radius 1 is 1.42 bits per heavy atom. The summed E-state index contributed by atoms with van der Waals surface area (Å²) in [4.78, 5) is 2.48. The highest BCUT2D eigenvalue weighted by Gasteiger charge is 2.25. The van der Waals surface area contributed by atoms with E-state index in [2.05, 4.69) is 38.0 Å². The molecule has 1 rings (SSSR count). The Balaban J connectivity index is 2.47. The largest absolute Gasteiger partial charge is 0.313 e. The maximum absolute atomic E-state index is 3.53. The van der Waals surface area contributed by atoms with Crippen molar-refractivity contribution in [1.29, 1.82) is 0 Å². The summed E-state index contributed by atoms with van der Waals surface area (Å²) in [7, 11) is 2.23. The molecule has 2 nitrogen and oxygen atoms in total. The van der Waals surface area contributed by atoms with Crippen LogP contribution < -0.4 is 5.32 Å². The molecule has 0 bridgehead atoms. The Bertz CT molecular complexity index is 134. The minimum absolute atomic E-state index is 0.658. The Morgan fingerprint density at radius 3 is 2.58 bits per heavy atom. The van der Waals surface area contributed by atoms with Gasteiger partial charge in [-0.05, 0) is 47.2 Å². The summed E-state index contributed by atoms with van der Waals surface area (Å²) in [5.41, 5.74) is 0. The quantitative estimate of drug-likeness (QED) is 0.675. The fraction of sp³-hybridized carbons (Fsp3) is 1.00. The van der Waals surface area contributed by atoms with Crippen LogP contribution in [0.3, 0.4) is 0 Å². The fourth-order valence-corrected chi connectivity index (χ4v) is 1.97.